The van der Waals surface area contributed by atoms with Crippen molar-refractivity contribution in [3.63, 3.8) is 0 Å². The predicted molar refractivity (Wildman–Crippen MR) is 87.4 cm³/mol. The molecule has 0 aliphatic carbocycles. The summed E-state index contributed by atoms with van der Waals surface area (Å²) in [5.74, 6) is 0.809. The van der Waals surface area contributed by atoms with Crippen LogP contribution >= 0.6 is 12.4 Å². The van der Waals surface area contributed by atoms with Crippen LogP contribution in [0.1, 0.15) is 13.8 Å². The molecule has 1 aliphatic heterocycles. The quantitative estimate of drug-likeness (QED) is 0.889. The fourth-order valence-electron chi connectivity index (χ4n) is 2.65. The highest BCUT2D eigenvalue weighted by molar-refractivity contribution is 5.92. The highest BCUT2D eigenvalue weighted by Gasteiger charge is 2.22. The second-order valence-electron chi connectivity index (χ2n) is 5.44. The van der Waals surface area contributed by atoms with Crippen molar-refractivity contribution in [2.75, 3.05) is 32.1 Å². The first kappa shape index (κ1) is 17.8. The lowest BCUT2D eigenvalue weighted by molar-refractivity contribution is -0.117. The molecule has 21 heavy (non-hydrogen) atoms. The molecular weight excluding hydrogens is 290 g/mol. The largest absolute Gasteiger partial charge is 0.497 e. The van der Waals surface area contributed by atoms with E-state index in [0.29, 0.717) is 18.6 Å². The summed E-state index contributed by atoms with van der Waals surface area (Å²) in [6.45, 7) is 6.53. The summed E-state index contributed by atoms with van der Waals surface area (Å²) in [7, 11) is 1.63. The number of halogens is 1. The van der Waals surface area contributed by atoms with Gasteiger partial charge in [-0.25, -0.2) is 0 Å². The van der Waals surface area contributed by atoms with Crippen molar-refractivity contribution in [2.45, 2.75) is 25.9 Å². The average molecular weight is 314 g/mol. The second kappa shape index (κ2) is 8.22. The zero-order valence-electron chi connectivity index (χ0n) is 12.8. The number of hydrogen-bond donors (Lipinski definition) is 2. The van der Waals surface area contributed by atoms with Crippen LogP contribution in [0.15, 0.2) is 24.3 Å². The molecule has 2 rings (SSSR count). The third-order valence-electron chi connectivity index (χ3n) is 3.37. The summed E-state index contributed by atoms with van der Waals surface area (Å²) < 4.78 is 5.09. The van der Waals surface area contributed by atoms with Gasteiger partial charge in [-0.15, -0.1) is 12.4 Å². The first-order chi connectivity index (χ1) is 9.56. The van der Waals surface area contributed by atoms with Crippen molar-refractivity contribution < 1.29 is 9.53 Å². The van der Waals surface area contributed by atoms with Crippen LogP contribution in [0, 0.1) is 0 Å². The first-order valence-electron chi connectivity index (χ1n) is 6.99. The summed E-state index contributed by atoms with van der Waals surface area (Å²) in [6.07, 6.45) is 0. The molecule has 1 aromatic rings. The van der Waals surface area contributed by atoms with E-state index in [1.54, 1.807) is 7.11 Å². The molecule has 0 aromatic heterocycles. The van der Waals surface area contributed by atoms with E-state index >= 15 is 0 Å². The van der Waals surface area contributed by atoms with E-state index in [9.17, 15) is 4.79 Å². The number of piperazine rings is 1. The van der Waals surface area contributed by atoms with E-state index in [1.165, 1.54) is 0 Å². The van der Waals surface area contributed by atoms with Crippen molar-refractivity contribution in [1.82, 2.24) is 10.2 Å². The van der Waals surface area contributed by atoms with Gasteiger partial charge >= 0.3 is 0 Å². The second-order valence-corrected chi connectivity index (χ2v) is 5.44. The van der Waals surface area contributed by atoms with E-state index in [1.807, 2.05) is 24.3 Å². The van der Waals surface area contributed by atoms with Gasteiger partial charge < -0.3 is 15.4 Å². The molecule has 2 N–H and O–H groups in total. The molecule has 2 unspecified atom stereocenters. The number of benzene rings is 1. The van der Waals surface area contributed by atoms with Gasteiger partial charge in [0.15, 0.2) is 0 Å². The topological polar surface area (TPSA) is 53.6 Å². The van der Waals surface area contributed by atoms with E-state index in [2.05, 4.69) is 29.4 Å². The van der Waals surface area contributed by atoms with Gasteiger partial charge in [0.2, 0.25) is 5.91 Å². The van der Waals surface area contributed by atoms with Crippen LogP contribution in [-0.2, 0) is 4.79 Å². The Morgan fingerprint density at radius 1 is 1.29 bits per heavy atom. The number of amides is 1. The maximum absolute atomic E-state index is 12.0. The van der Waals surface area contributed by atoms with Crippen molar-refractivity contribution >= 4 is 24.0 Å². The van der Waals surface area contributed by atoms with Crippen LogP contribution in [0.5, 0.6) is 5.75 Å². The number of carbonyl (C=O) groups is 1. The third kappa shape index (κ3) is 5.53. The van der Waals surface area contributed by atoms with E-state index < -0.39 is 0 Å². The fraction of sp³-hybridized carbons (Fsp3) is 0.533. The van der Waals surface area contributed by atoms with Crippen molar-refractivity contribution in [1.29, 1.82) is 0 Å². The highest BCUT2D eigenvalue weighted by atomic mass is 35.5. The lowest BCUT2D eigenvalue weighted by Crippen LogP contribution is -2.55. The maximum Gasteiger partial charge on any atom is 0.238 e. The number of ether oxygens (including phenoxy) is 1. The van der Waals surface area contributed by atoms with Gasteiger partial charge in [-0.05, 0) is 38.1 Å². The molecular formula is C15H24ClN3O2. The van der Waals surface area contributed by atoms with Crippen molar-refractivity contribution in [2.24, 2.45) is 0 Å². The van der Waals surface area contributed by atoms with Gasteiger partial charge in [-0.1, -0.05) is 0 Å². The van der Waals surface area contributed by atoms with Crippen LogP contribution in [0.25, 0.3) is 0 Å². The Bertz CT molecular complexity index is 443. The Morgan fingerprint density at radius 3 is 2.38 bits per heavy atom. The lowest BCUT2D eigenvalue weighted by Gasteiger charge is -2.35. The Labute approximate surface area is 132 Å². The third-order valence-corrected chi connectivity index (χ3v) is 3.37. The monoisotopic (exact) mass is 313 g/mol. The van der Waals surface area contributed by atoms with Gasteiger partial charge in [0.25, 0.3) is 0 Å². The van der Waals surface area contributed by atoms with E-state index in [0.717, 1.165) is 24.5 Å². The molecule has 0 spiro atoms. The summed E-state index contributed by atoms with van der Waals surface area (Å²) in [5, 5.41) is 6.37. The SMILES string of the molecule is COc1ccc(NC(=O)CN2CC(C)NC(C)C2)cc1.Cl. The summed E-state index contributed by atoms with van der Waals surface area (Å²) >= 11 is 0. The normalized spacial score (nSPS) is 22.2. The molecule has 0 radical (unpaired) electrons. The minimum Gasteiger partial charge on any atom is -0.497 e. The molecule has 1 saturated heterocycles. The Hall–Kier alpha value is -1.30. The van der Waals surface area contributed by atoms with Crippen molar-refractivity contribution in [3.8, 4) is 5.75 Å². The minimum absolute atomic E-state index is 0. The van der Waals surface area contributed by atoms with Crippen LogP contribution in [-0.4, -0.2) is 49.6 Å². The van der Waals surface area contributed by atoms with E-state index in [4.69, 9.17) is 4.74 Å². The van der Waals surface area contributed by atoms with Gasteiger partial charge in [-0.3, -0.25) is 9.69 Å². The summed E-state index contributed by atoms with van der Waals surface area (Å²) in [5.41, 5.74) is 0.798. The molecule has 6 heteroatoms. The van der Waals surface area contributed by atoms with Crippen molar-refractivity contribution in [3.05, 3.63) is 24.3 Å². The molecule has 5 nitrogen and oxygen atoms in total. The predicted octanol–water partition coefficient (Wildman–Crippen LogP) is 1.74. The van der Waals surface area contributed by atoms with Crippen LogP contribution in [0.2, 0.25) is 0 Å². The number of methoxy groups -OCH3 is 1. The Balaban J connectivity index is 0.00000220. The fourth-order valence-corrected chi connectivity index (χ4v) is 2.65. The molecule has 1 aliphatic rings. The first-order valence-corrected chi connectivity index (χ1v) is 6.99. The Kier molecular flexibility index (Phi) is 6.95. The maximum atomic E-state index is 12.0. The molecule has 118 valence electrons. The number of hydrogen-bond acceptors (Lipinski definition) is 4. The molecule has 0 bridgehead atoms. The molecule has 1 fully saturated rings. The zero-order valence-corrected chi connectivity index (χ0v) is 13.6. The molecule has 2 atom stereocenters. The summed E-state index contributed by atoms with van der Waals surface area (Å²) in [4.78, 5) is 14.2. The summed E-state index contributed by atoms with van der Waals surface area (Å²) in [6, 6.07) is 8.22. The lowest BCUT2D eigenvalue weighted by atomic mass is 10.1. The number of nitrogens with zero attached hydrogens (tertiary/aromatic N) is 1. The average Bonchev–Trinajstić information content (AvgIpc) is 2.38. The number of rotatable bonds is 4. The smallest absolute Gasteiger partial charge is 0.238 e. The molecule has 1 amide bonds. The van der Waals surface area contributed by atoms with Gasteiger partial charge in [0.05, 0.1) is 13.7 Å². The van der Waals surface area contributed by atoms with E-state index in [-0.39, 0.29) is 18.3 Å². The van der Waals surface area contributed by atoms with Crippen LogP contribution < -0.4 is 15.4 Å². The molecule has 1 aromatic carbocycles. The minimum atomic E-state index is 0. The van der Waals surface area contributed by atoms with Crippen LogP contribution in [0.4, 0.5) is 5.69 Å². The molecule has 0 saturated carbocycles. The zero-order chi connectivity index (χ0) is 14.5. The van der Waals surface area contributed by atoms with Gasteiger partial charge in [0.1, 0.15) is 5.75 Å². The number of nitrogens with one attached hydrogen (secondary N) is 2. The van der Waals surface area contributed by atoms with Crippen LogP contribution in [0.3, 0.4) is 0 Å². The number of anilines is 1. The Morgan fingerprint density at radius 2 is 1.86 bits per heavy atom. The number of carbonyl (C=O) groups excluding carboxylic acids is 1. The van der Waals surface area contributed by atoms with Gasteiger partial charge in [-0.2, -0.15) is 0 Å². The molecule has 1 heterocycles. The highest BCUT2D eigenvalue weighted by Crippen LogP contribution is 2.15. The standard InChI is InChI=1S/C15H23N3O2.ClH/c1-11-8-18(9-12(2)16-11)10-15(19)17-13-4-6-14(20-3)7-5-13;/h4-7,11-12,16H,8-10H2,1-3H3,(H,17,19);1H. The van der Waals surface area contributed by atoms with Gasteiger partial charge in [0, 0.05) is 30.9 Å².